The highest BCUT2D eigenvalue weighted by Crippen LogP contribution is 2.38. The van der Waals surface area contributed by atoms with E-state index in [9.17, 15) is 65.8 Å². The first-order valence-electron chi connectivity index (χ1n) is 22.3. The molecule has 0 aromatic rings. The number of aliphatic carboxylic acids is 1. The standard InChI is InChI=1S/C47H73NO17/c1-27-17-15-13-11-9-7-5-6-8-10-12-14-16-18-34(64-46-44(58)41(48)43(57)30(4)63-46)24-38-40(45(59)60)37(54)26-47(61,65-38)25-36(53)35(52)20-19-31(49)21-32(50)22-33(51)23-39(55)62-29(3)28(2)42(27)56/h5-18,27-38,40-44,46,49-54,56-58,61H,19-26,48H2,1-4H3,(H,59,60)/b6-5+,9-7+,10-8+,13-11+,14-12+,17-15+,18-16+/t27-,28-,29-,30?,31+,32+,33+,34-,35+,36+,37-,38-,40+,41?,42+,43+,44+,46+,47+/m0/s1. The maximum atomic E-state index is 12.6. The average molecular weight is 924 g/mol. The van der Waals surface area contributed by atoms with Gasteiger partial charge in [-0.15, -0.1) is 0 Å². The number of cyclic esters (lactones) is 1. The van der Waals surface area contributed by atoms with Crippen molar-refractivity contribution in [1.29, 1.82) is 0 Å². The van der Waals surface area contributed by atoms with E-state index >= 15 is 0 Å². The first-order valence-corrected chi connectivity index (χ1v) is 22.3. The third-order valence-corrected chi connectivity index (χ3v) is 12.0. The summed E-state index contributed by atoms with van der Waals surface area (Å²) in [6, 6.07) is -1.15. The molecule has 13 N–H and O–H groups in total. The summed E-state index contributed by atoms with van der Waals surface area (Å²) < 4.78 is 23.1. The molecule has 0 aromatic carbocycles. The molecule has 0 spiro atoms. The van der Waals surface area contributed by atoms with Crippen molar-refractivity contribution in [3.05, 3.63) is 85.1 Å². The summed E-state index contributed by atoms with van der Waals surface area (Å²) in [5.74, 6) is -6.88. The van der Waals surface area contributed by atoms with E-state index in [1.807, 2.05) is 13.0 Å². The normalized spacial score (nSPS) is 45.5. The zero-order chi connectivity index (χ0) is 48.4. The summed E-state index contributed by atoms with van der Waals surface area (Å²) >= 11 is 0. The predicted octanol–water partition coefficient (Wildman–Crippen LogP) is 0.712. The Hall–Kier alpha value is -3.44. The summed E-state index contributed by atoms with van der Waals surface area (Å²) in [4.78, 5) is 25.1. The lowest BCUT2D eigenvalue weighted by atomic mass is 9.82. The monoisotopic (exact) mass is 923 g/mol. The van der Waals surface area contributed by atoms with Crippen LogP contribution in [0.15, 0.2) is 85.1 Å². The Labute approximate surface area is 381 Å². The number of aliphatic hydroxyl groups excluding tert-OH is 9. The van der Waals surface area contributed by atoms with Crippen molar-refractivity contribution in [2.75, 3.05) is 0 Å². The second-order valence-electron chi connectivity index (χ2n) is 17.6. The van der Waals surface area contributed by atoms with Crippen molar-refractivity contribution in [3.63, 3.8) is 0 Å². The molecule has 3 heterocycles. The molecule has 0 radical (unpaired) electrons. The van der Waals surface area contributed by atoms with E-state index in [0.717, 1.165) is 0 Å². The van der Waals surface area contributed by atoms with Crippen molar-refractivity contribution in [1.82, 2.24) is 0 Å². The molecule has 0 aromatic heterocycles. The van der Waals surface area contributed by atoms with Crippen LogP contribution in [0.25, 0.3) is 0 Å². The Balaban J connectivity index is 1.86. The van der Waals surface area contributed by atoms with Crippen LogP contribution in [-0.4, -0.2) is 166 Å². The minimum absolute atomic E-state index is 0.140. The second-order valence-corrected chi connectivity index (χ2v) is 17.6. The topological polar surface area (TPSA) is 320 Å². The molecule has 2 bridgehead atoms. The number of carbonyl (C=O) groups is 2. The van der Waals surface area contributed by atoms with E-state index in [1.165, 1.54) is 13.0 Å². The first-order chi connectivity index (χ1) is 30.6. The van der Waals surface area contributed by atoms with Gasteiger partial charge < -0.3 is 80.9 Å². The quantitative estimate of drug-likeness (QED) is 0.174. The van der Waals surface area contributed by atoms with Gasteiger partial charge in [0, 0.05) is 31.1 Å². The molecule has 65 heavy (non-hydrogen) atoms. The van der Waals surface area contributed by atoms with Crippen molar-refractivity contribution in [2.24, 2.45) is 23.5 Å². The van der Waals surface area contributed by atoms with Gasteiger partial charge in [-0.25, -0.2) is 0 Å². The van der Waals surface area contributed by atoms with Crippen molar-refractivity contribution >= 4 is 11.9 Å². The van der Waals surface area contributed by atoms with E-state index in [0.29, 0.717) is 0 Å². The molecule has 0 saturated carbocycles. The number of ether oxygens (including phenoxy) is 4. The maximum Gasteiger partial charge on any atom is 0.311 e. The number of esters is 1. The summed E-state index contributed by atoms with van der Waals surface area (Å²) in [5.41, 5.74) is 6.02. The zero-order valence-electron chi connectivity index (χ0n) is 37.6. The lowest BCUT2D eigenvalue weighted by molar-refractivity contribution is -0.310. The largest absolute Gasteiger partial charge is 0.481 e. The lowest BCUT2D eigenvalue weighted by Gasteiger charge is -2.45. The van der Waals surface area contributed by atoms with Crippen LogP contribution >= 0.6 is 0 Å². The minimum atomic E-state index is -2.36. The molecular formula is C47H73NO17. The maximum absolute atomic E-state index is 12.6. The Morgan fingerprint density at radius 2 is 1.20 bits per heavy atom. The molecule has 18 heteroatoms. The molecular weight excluding hydrogens is 851 g/mol. The number of rotatable bonds is 3. The van der Waals surface area contributed by atoms with E-state index in [4.69, 9.17) is 24.7 Å². The van der Waals surface area contributed by atoms with Crippen molar-refractivity contribution in [3.8, 4) is 0 Å². The van der Waals surface area contributed by atoms with Gasteiger partial charge in [0.2, 0.25) is 0 Å². The summed E-state index contributed by atoms with van der Waals surface area (Å²) in [5, 5.41) is 118. The number of carboxylic acid groups (broad SMARTS) is 1. The molecule has 19 atom stereocenters. The molecule has 3 aliphatic rings. The van der Waals surface area contributed by atoms with Crippen molar-refractivity contribution < 1.29 is 84.7 Å². The van der Waals surface area contributed by atoms with Crippen LogP contribution in [0, 0.1) is 17.8 Å². The fourth-order valence-electron chi connectivity index (χ4n) is 7.96. The molecule has 18 nitrogen and oxygen atoms in total. The number of allylic oxidation sites excluding steroid dienone is 12. The van der Waals surface area contributed by atoms with Gasteiger partial charge >= 0.3 is 11.9 Å². The van der Waals surface area contributed by atoms with Gasteiger partial charge in [0.25, 0.3) is 0 Å². The fourth-order valence-corrected chi connectivity index (χ4v) is 7.96. The minimum Gasteiger partial charge on any atom is -0.481 e. The Kier molecular flexibility index (Phi) is 23.6. The van der Waals surface area contributed by atoms with Crippen LogP contribution < -0.4 is 5.73 Å². The number of fused-ring (bicyclic) bond motifs is 2. The van der Waals surface area contributed by atoms with Crippen LogP contribution in [-0.2, 0) is 28.5 Å². The molecule has 3 aliphatic heterocycles. The number of hydrogen-bond donors (Lipinski definition) is 12. The summed E-state index contributed by atoms with van der Waals surface area (Å²) in [6.45, 7) is 6.74. The summed E-state index contributed by atoms with van der Waals surface area (Å²) in [6.07, 6.45) is 3.49. The number of hydrogen-bond acceptors (Lipinski definition) is 17. The Morgan fingerprint density at radius 1 is 0.662 bits per heavy atom. The number of carbonyl (C=O) groups excluding carboxylic acids is 1. The molecule has 0 amide bonds. The predicted molar refractivity (Wildman–Crippen MR) is 237 cm³/mol. The number of carboxylic acids is 1. The van der Waals surface area contributed by atoms with Crippen LogP contribution in [0.3, 0.4) is 0 Å². The van der Waals surface area contributed by atoms with Crippen LogP contribution in [0.1, 0.15) is 79.1 Å². The highest BCUT2D eigenvalue weighted by atomic mass is 16.7. The first kappa shape index (κ1) is 55.9. The SMILES string of the molecule is CC1O[C@H](O[C@H]2/C=C/C=C/C=C/C=C/C=C/C=C/C=C/[C@H](C)[C@@H](O)[C@@H](C)[C@H](C)OC(=O)C[C@H](O)C[C@H](O)C[C@H](O)CC[C@@H](O)[C@H](O)C[C@]3(O)C[C@H](O)[C@@H](C(=O)O)[C@H](C2)O3)[C@H](O)C(N)[C@@H]1O. The molecule has 368 valence electrons. The molecule has 2 unspecified atom stereocenters. The van der Waals surface area contributed by atoms with E-state index in [2.05, 4.69) is 0 Å². The van der Waals surface area contributed by atoms with Gasteiger partial charge in [-0.1, -0.05) is 98.9 Å². The number of nitrogens with two attached hydrogens (primary N) is 1. The van der Waals surface area contributed by atoms with Gasteiger partial charge in [0.05, 0.1) is 79.6 Å². The second kappa shape index (κ2) is 27.4. The summed E-state index contributed by atoms with van der Waals surface area (Å²) in [7, 11) is 0. The zero-order valence-corrected chi connectivity index (χ0v) is 37.6. The highest BCUT2D eigenvalue weighted by Gasteiger charge is 2.51. The Morgan fingerprint density at radius 3 is 1.78 bits per heavy atom. The highest BCUT2D eigenvalue weighted by molar-refractivity contribution is 5.71. The molecule has 0 aliphatic carbocycles. The smallest absolute Gasteiger partial charge is 0.311 e. The van der Waals surface area contributed by atoms with Gasteiger partial charge in [0.1, 0.15) is 18.1 Å². The van der Waals surface area contributed by atoms with E-state index < -0.39 is 141 Å². The number of aliphatic hydroxyl groups is 10. The fraction of sp³-hybridized carbons (Fsp3) is 0.660. The third-order valence-electron chi connectivity index (χ3n) is 12.0. The van der Waals surface area contributed by atoms with Crippen LogP contribution in [0.5, 0.6) is 0 Å². The molecule has 3 rings (SSSR count). The van der Waals surface area contributed by atoms with Gasteiger partial charge in [-0.3, -0.25) is 9.59 Å². The van der Waals surface area contributed by atoms with Crippen LogP contribution in [0.2, 0.25) is 0 Å². The van der Waals surface area contributed by atoms with Gasteiger partial charge in [-0.2, -0.15) is 0 Å². The average Bonchev–Trinajstić information content (AvgIpc) is 3.21. The molecule has 2 fully saturated rings. The van der Waals surface area contributed by atoms with Crippen molar-refractivity contribution in [2.45, 2.75) is 177 Å². The lowest BCUT2D eigenvalue weighted by Crippen LogP contribution is -2.61. The molecule has 2 saturated heterocycles. The van der Waals surface area contributed by atoms with Crippen LogP contribution in [0.4, 0.5) is 0 Å². The van der Waals surface area contributed by atoms with Gasteiger partial charge in [0.15, 0.2) is 12.1 Å². The van der Waals surface area contributed by atoms with E-state index in [-0.39, 0.29) is 38.0 Å². The Bertz CT molecular complexity index is 1670. The van der Waals surface area contributed by atoms with E-state index in [1.54, 1.807) is 86.8 Å². The third kappa shape index (κ3) is 18.6. The van der Waals surface area contributed by atoms with Gasteiger partial charge in [-0.05, 0) is 39.5 Å².